The normalized spacial score (nSPS) is 13.6. The van der Waals surface area contributed by atoms with Crippen molar-refractivity contribution in [2.45, 2.75) is 32.2 Å². The topological polar surface area (TPSA) is 55.8 Å². The third-order valence-electron chi connectivity index (χ3n) is 3.45. The van der Waals surface area contributed by atoms with Crippen LogP contribution >= 0.6 is 0 Å². The van der Waals surface area contributed by atoms with Gasteiger partial charge in [0.2, 0.25) is 0 Å². The Morgan fingerprint density at radius 3 is 2.43 bits per heavy atom. The van der Waals surface area contributed by atoms with Crippen molar-refractivity contribution >= 4 is 11.9 Å². The van der Waals surface area contributed by atoms with Crippen LogP contribution in [0.3, 0.4) is 0 Å². The number of nitrogens with zero attached hydrogens (tertiary/aromatic N) is 1. The van der Waals surface area contributed by atoms with E-state index in [9.17, 15) is 9.59 Å². The zero-order valence-electron chi connectivity index (χ0n) is 12.5. The molecule has 1 aliphatic carbocycles. The highest BCUT2D eigenvalue weighted by Gasteiger charge is 2.33. The Labute approximate surface area is 124 Å². The first-order valence-electron chi connectivity index (χ1n) is 7.26. The van der Waals surface area contributed by atoms with Crippen LogP contribution in [0, 0.1) is 0 Å². The second-order valence-corrected chi connectivity index (χ2v) is 5.01. The molecule has 1 aromatic carbocycles. The zero-order chi connectivity index (χ0) is 15.2. The minimum atomic E-state index is -0.259. The molecule has 1 amide bonds. The van der Waals surface area contributed by atoms with Crippen molar-refractivity contribution in [3.63, 3.8) is 0 Å². The Hall–Kier alpha value is -2.04. The van der Waals surface area contributed by atoms with Gasteiger partial charge in [-0.2, -0.15) is 0 Å². The van der Waals surface area contributed by atoms with E-state index in [2.05, 4.69) is 0 Å². The van der Waals surface area contributed by atoms with Crippen LogP contribution in [0.4, 0.5) is 0 Å². The van der Waals surface area contributed by atoms with E-state index >= 15 is 0 Å². The first-order valence-corrected chi connectivity index (χ1v) is 7.26. The fourth-order valence-corrected chi connectivity index (χ4v) is 2.18. The molecular weight excluding hydrogens is 270 g/mol. The van der Waals surface area contributed by atoms with Gasteiger partial charge in [0.1, 0.15) is 5.75 Å². The number of benzene rings is 1. The van der Waals surface area contributed by atoms with Crippen LogP contribution in [0.5, 0.6) is 5.75 Å². The molecule has 0 spiro atoms. The predicted molar refractivity (Wildman–Crippen MR) is 78.3 cm³/mol. The number of methoxy groups -OCH3 is 1. The first kappa shape index (κ1) is 15.4. The highest BCUT2D eigenvalue weighted by molar-refractivity contribution is 5.95. The first-order chi connectivity index (χ1) is 10.2. The molecule has 0 unspecified atom stereocenters. The summed E-state index contributed by atoms with van der Waals surface area (Å²) in [5.41, 5.74) is 0.617. The van der Waals surface area contributed by atoms with Crippen LogP contribution in [0.2, 0.25) is 0 Å². The highest BCUT2D eigenvalue weighted by Crippen LogP contribution is 2.28. The molecule has 1 saturated carbocycles. The van der Waals surface area contributed by atoms with Gasteiger partial charge in [-0.15, -0.1) is 0 Å². The van der Waals surface area contributed by atoms with E-state index in [1.165, 1.54) is 0 Å². The Kier molecular flexibility index (Phi) is 5.20. The SMILES string of the molecule is CCOC(=O)CCN(C(=O)c1ccc(OC)cc1)C1CC1. The summed E-state index contributed by atoms with van der Waals surface area (Å²) in [6.45, 7) is 2.56. The summed E-state index contributed by atoms with van der Waals surface area (Å²) >= 11 is 0. The third-order valence-corrected chi connectivity index (χ3v) is 3.45. The molecule has 5 heteroatoms. The predicted octanol–water partition coefficient (Wildman–Crippen LogP) is 2.25. The van der Waals surface area contributed by atoms with Crippen LogP contribution in [-0.4, -0.2) is 43.1 Å². The molecule has 0 heterocycles. The molecule has 1 fully saturated rings. The highest BCUT2D eigenvalue weighted by atomic mass is 16.5. The maximum atomic E-state index is 12.5. The minimum absolute atomic E-state index is 0.0375. The molecule has 2 rings (SSSR count). The average molecular weight is 291 g/mol. The van der Waals surface area contributed by atoms with Gasteiger partial charge < -0.3 is 14.4 Å². The van der Waals surface area contributed by atoms with Crippen molar-refractivity contribution in [1.29, 1.82) is 0 Å². The molecule has 21 heavy (non-hydrogen) atoms. The van der Waals surface area contributed by atoms with Crippen molar-refractivity contribution < 1.29 is 19.1 Å². The van der Waals surface area contributed by atoms with Gasteiger partial charge in [0.05, 0.1) is 20.1 Å². The number of esters is 1. The van der Waals surface area contributed by atoms with Gasteiger partial charge in [0.25, 0.3) is 5.91 Å². The number of ether oxygens (including phenoxy) is 2. The standard InChI is InChI=1S/C16H21NO4/c1-3-21-15(18)10-11-17(13-6-7-13)16(19)12-4-8-14(20-2)9-5-12/h4-5,8-9,13H,3,6-7,10-11H2,1-2H3. The molecule has 0 saturated heterocycles. The fraction of sp³-hybridized carbons (Fsp3) is 0.500. The molecule has 1 aromatic rings. The van der Waals surface area contributed by atoms with Crippen molar-refractivity contribution in [3.8, 4) is 5.75 Å². The summed E-state index contributed by atoms with van der Waals surface area (Å²) in [5.74, 6) is 0.422. The lowest BCUT2D eigenvalue weighted by Crippen LogP contribution is -2.35. The van der Waals surface area contributed by atoms with E-state index in [0.29, 0.717) is 18.7 Å². The van der Waals surface area contributed by atoms with E-state index < -0.39 is 0 Å². The molecule has 0 atom stereocenters. The second-order valence-electron chi connectivity index (χ2n) is 5.01. The molecule has 0 aromatic heterocycles. The van der Waals surface area contributed by atoms with Crippen LogP contribution < -0.4 is 4.74 Å². The van der Waals surface area contributed by atoms with Crippen LogP contribution in [0.15, 0.2) is 24.3 Å². The van der Waals surface area contributed by atoms with Gasteiger partial charge in [-0.1, -0.05) is 0 Å². The Morgan fingerprint density at radius 2 is 1.90 bits per heavy atom. The van der Waals surface area contributed by atoms with Crippen molar-refractivity contribution in [3.05, 3.63) is 29.8 Å². The number of hydrogen-bond donors (Lipinski definition) is 0. The summed E-state index contributed by atoms with van der Waals surface area (Å²) in [6, 6.07) is 7.30. The van der Waals surface area contributed by atoms with E-state index in [-0.39, 0.29) is 24.3 Å². The number of carbonyl (C=O) groups is 2. The lowest BCUT2D eigenvalue weighted by molar-refractivity contribution is -0.143. The molecule has 1 aliphatic rings. The quantitative estimate of drug-likeness (QED) is 0.723. The summed E-state index contributed by atoms with van der Waals surface area (Å²) in [7, 11) is 1.59. The monoisotopic (exact) mass is 291 g/mol. The van der Waals surface area contributed by atoms with Crippen molar-refractivity contribution in [2.24, 2.45) is 0 Å². The summed E-state index contributed by atoms with van der Waals surface area (Å²) in [6.07, 6.45) is 2.25. The van der Waals surface area contributed by atoms with Gasteiger partial charge >= 0.3 is 5.97 Å². The van der Waals surface area contributed by atoms with E-state index in [4.69, 9.17) is 9.47 Å². The molecule has 0 bridgehead atoms. The lowest BCUT2D eigenvalue weighted by atomic mass is 10.2. The van der Waals surface area contributed by atoms with Gasteiger partial charge in [0.15, 0.2) is 0 Å². The van der Waals surface area contributed by atoms with Gasteiger partial charge in [-0.25, -0.2) is 0 Å². The van der Waals surface area contributed by atoms with E-state index in [1.807, 2.05) is 0 Å². The van der Waals surface area contributed by atoms with Crippen LogP contribution in [-0.2, 0) is 9.53 Å². The van der Waals surface area contributed by atoms with Crippen LogP contribution in [0.1, 0.15) is 36.5 Å². The van der Waals surface area contributed by atoms with Gasteiger partial charge in [-0.05, 0) is 44.0 Å². The molecule has 0 aliphatic heterocycles. The number of hydrogen-bond acceptors (Lipinski definition) is 4. The number of rotatable bonds is 7. The zero-order valence-corrected chi connectivity index (χ0v) is 12.5. The Bertz CT molecular complexity index is 494. The molecule has 5 nitrogen and oxygen atoms in total. The van der Waals surface area contributed by atoms with E-state index in [1.54, 1.807) is 43.2 Å². The van der Waals surface area contributed by atoms with Crippen molar-refractivity contribution in [1.82, 2.24) is 4.90 Å². The second kappa shape index (κ2) is 7.11. The minimum Gasteiger partial charge on any atom is -0.497 e. The Morgan fingerprint density at radius 1 is 1.24 bits per heavy atom. The fourth-order valence-electron chi connectivity index (χ4n) is 2.18. The molecule has 0 N–H and O–H groups in total. The van der Waals surface area contributed by atoms with Crippen molar-refractivity contribution in [2.75, 3.05) is 20.3 Å². The number of carbonyl (C=O) groups excluding carboxylic acids is 2. The molecular formula is C16H21NO4. The summed E-state index contributed by atoms with van der Waals surface area (Å²) < 4.78 is 10.0. The Balaban J connectivity index is 1.99. The lowest BCUT2D eigenvalue weighted by Gasteiger charge is -2.22. The molecule has 114 valence electrons. The van der Waals surface area contributed by atoms with E-state index in [0.717, 1.165) is 18.6 Å². The van der Waals surface area contributed by atoms with Gasteiger partial charge in [-0.3, -0.25) is 9.59 Å². The smallest absolute Gasteiger partial charge is 0.307 e. The summed E-state index contributed by atoms with van der Waals surface area (Å²) in [5, 5.41) is 0. The van der Waals surface area contributed by atoms with Crippen LogP contribution in [0.25, 0.3) is 0 Å². The van der Waals surface area contributed by atoms with Gasteiger partial charge in [0, 0.05) is 18.2 Å². The average Bonchev–Trinajstić information content (AvgIpc) is 3.32. The maximum Gasteiger partial charge on any atom is 0.307 e. The summed E-state index contributed by atoms with van der Waals surface area (Å²) in [4.78, 5) is 25.8. The molecule has 0 radical (unpaired) electrons. The number of amides is 1. The third kappa shape index (κ3) is 4.21. The maximum absolute atomic E-state index is 12.5. The largest absolute Gasteiger partial charge is 0.497 e.